The van der Waals surface area contributed by atoms with Crippen molar-refractivity contribution in [3.8, 4) is 0 Å². The Bertz CT molecular complexity index is 384. The molecule has 0 radical (unpaired) electrons. The molecule has 1 saturated carbocycles. The number of nitrogens with zero attached hydrogens (tertiary/aromatic N) is 1. The molecule has 19 heavy (non-hydrogen) atoms. The Hall–Kier alpha value is -0.210. The second-order valence-electron chi connectivity index (χ2n) is 5.47. The molecule has 2 fully saturated rings. The van der Waals surface area contributed by atoms with Gasteiger partial charge in [0, 0.05) is 20.2 Å². The largest absolute Gasteiger partial charge is 0.376 e. The summed E-state index contributed by atoms with van der Waals surface area (Å²) in [6, 6.07) is -0.0516. The smallest absolute Gasteiger partial charge is 0.279 e. The normalized spacial score (nSPS) is 28.2. The molecule has 2 unspecified atom stereocenters. The topological polar surface area (TPSA) is 70.7 Å². The fraction of sp³-hybridized carbons (Fsp3) is 1.00. The van der Waals surface area contributed by atoms with Crippen molar-refractivity contribution in [2.45, 2.75) is 37.8 Å². The number of nitrogens with one attached hydrogen (secondary N) is 2. The van der Waals surface area contributed by atoms with Crippen molar-refractivity contribution in [1.82, 2.24) is 14.3 Å². The Morgan fingerprint density at radius 1 is 1.32 bits per heavy atom. The summed E-state index contributed by atoms with van der Waals surface area (Å²) in [6.07, 6.45) is 4.01. The summed E-state index contributed by atoms with van der Waals surface area (Å²) in [4.78, 5) is 0. The Morgan fingerprint density at radius 3 is 2.68 bits per heavy atom. The minimum absolute atomic E-state index is 0.0516. The first-order valence-electron chi connectivity index (χ1n) is 7.04. The Balaban J connectivity index is 1.85. The molecule has 0 aromatic heterocycles. The van der Waals surface area contributed by atoms with Gasteiger partial charge in [-0.25, -0.2) is 0 Å². The van der Waals surface area contributed by atoms with Crippen LogP contribution in [-0.2, 0) is 14.9 Å². The summed E-state index contributed by atoms with van der Waals surface area (Å²) in [7, 11) is 0.102. The molecule has 2 N–H and O–H groups in total. The minimum atomic E-state index is -3.39. The van der Waals surface area contributed by atoms with E-state index >= 15 is 0 Å². The molecule has 2 atom stereocenters. The molecule has 1 aliphatic heterocycles. The van der Waals surface area contributed by atoms with Gasteiger partial charge in [0.05, 0.1) is 12.1 Å². The van der Waals surface area contributed by atoms with Crippen LogP contribution in [0.3, 0.4) is 0 Å². The quantitative estimate of drug-likeness (QED) is 0.614. The molecule has 1 aliphatic carbocycles. The van der Waals surface area contributed by atoms with Gasteiger partial charge in [-0.1, -0.05) is 0 Å². The summed E-state index contributed by atoms with van der Waals surface area (Å²) in [5.41, 5.74) is 0. The standard InChI is InChI=1S/C12H25N3O3S/c1-13-7-3-8-15(2)19(16,17)14-11-6-9-18-12(11)10-4-5-10/h10-14H,3-9H2,1-2H3. The molecule has 1 heterocycles. The average Bonchev–Trinajstić information content (AvgIpc) is 3.10. The van der Waals surface area contributed by atoms with E-state index < -0.39 is 10.2 Å². The zero-order valence-corrected chi connectivity index (χ0v) is 12.6. The third kappa shape index (κ3) is 4.13. The molecule has 0 amide bonds. The number of rotatable bonds is 8. The van der Waals surface area contributed by atoms with Crippen LogP contribution in [0.2, 0.25) is 0 Å². The van der Waals surface area contributed by atoms with Gasteiger partial charge in [-0.05, 0) is 45.2 Å². The lowest BCUT2D eigenvalue weighted by atomic mass is 10.1. The highest BCUT2D eigenvalue weighted by Crippen LogP contribution is 2.38. The van der Waals surface area contributed by atoms with Crippen LogP contribution in [0.25, 0.3) is 0 Å². The van der Waals surface area contributed by atoms with Gasteiger partial charge in [-0.15, -0.1) is 0 Å². The van der Waals surface area contributed by atoms with E-state index in [2.05, 4.69) is 10.0 Å². The van der Waals surface area contributed by atoms with Gasteiger partial charge in [-0.3, -0.25) is 0 Å². The van der Waals surface area contributed by atoms with E-state index in [0.717, 1.165) is 19.4 Å². The third-order valence-corrected chi connectivity index (χ3v) is 5.44. The first-order valence-corrected chi connectivity index (χ1v) is 8.48. The number of hydrogen-bond donors (Lipinski definition) is 2. The summed E-state index contributed by atoms with van der Waals surface area (Å²) < 4.78 is 34.3. The Kier molecular flexibility index (Phi) is 5.19. The summed E-state index contributed by atoms with van der Waals surface area (Å²) >= 11 is 0. The van der Waals surface area contributed by atoms with Crippen LogP contribution >= 0.6 is 0 Å². The highest BCUT2D eigenvalue weighted by molar-refractivity contribution is 7.87. The molecular weight excluding hydrogens is 266 g/mol. The van der Waals surface area contributed by atoms with Crippen molar-refractivity contribution in [3.05, 3.63) is 0 Å². The summed E-state index contributed by atoms with van der Waals surface area (Å²) in [6.45, 7) is 2.01. The minimum Gasteiger partial charge on any atom is -0.376 e. The van der Waals surface area contributed by atoms with Crippen molar-refractivity contribution in [3.63, 3.8) is 0 Å². The monoisotopic (exact) mass is 291 g/mol. The van der Waals surface area contributed by atoms with E-state index in [1.807, 2.05) is 7.05 Å². The van der Waals surface area contributed by atoms with E-state index in [0.29, 0.717) is 19.1 Å². The van der Waals surface area contributed by atoms with Crippen molar-refractivity contribution < 1.29 is 13.2 Å². The predicted molar refractivity (Wildman–Crippen MR) is 74.1 cm³/mol. The molecule has 112 valence electrons. The average molecular weight is 291 g/mol. The van der Waals surface area contributed by atoms with Gasteiger partial charge in [-0.2, -0.15) is 17.4 Å². The SMILES string of the molecule is CNCCCN(C)S(=O)(=O)NC1CCOC1C1CC1. The molecule has 1 saturated heterocycles. The van der Waals surface area contributed by atoms with Crippen LogP contribution in [0, 0.1) is 5.92 Å². The van der Waals surface area contributed by atoms with Crippen LogP contribution in [-0.4, -0.2) is 58.7 Å². The second-order valence-corrected chi connectivity index (χ2v) is 7.28. The van der Waals surface area contributed by atoms with E-state index in [4.69, 9.17) is 4.74 Å². The van der Waals surface area contributed by atoms with Gasteiger partial charge in [0.1, 0.15) is 0 Å². The molecule has 2 aliphatic rings. The first kappa shape index (κ1) is 15.2. The molecule has 0 aromatic rings. The van der Waals surface area contributed by atoms with E-state index in [-0.39, 0.29) is 12.1 Å². The summed E-state index contributed by atoms with van der Waals surface area (Å²) in [5.74, 6) is 0.560. The zero-order chi connectivity index (χ0) is 13.9. The Morgan fingerprint density at radius 2 is 2.05 bits per heavy atom. The molecular formula is C12H25N3O3S. The molecule has 2 rings (SSSR count). The van der Waals surface area contributed by atoms with E-state index in [1.54, 1.807) is 7.05 Å². The number of ether oxygens (including phenoxy) is 1. The van der Waals surface area contributed by atoms with Gasteiger partial charge < -0.3 is 10.1 Å². The first-order chi connectivity index (χ1) is 9.04. The van der Waals surface area contributed by atoms with E-state index in [9.17, 15) is 8.42 Å². The lowest BCUT2D eigenvalue weighted by Gasteiger charge is -2.23. The van der Waals surface area contributed by atoms with Crippen molar-refractivity contribution in [1.29, 1.82) is 0 Å². The third-order valence-electron chi connectivity index (χ3n) is 3.83. The van der Waals surface area contributed by atoms with E-state index in [1.165, 1.54) is 17.1 Å². The number of hydrogen-bond acceptors (Lipinski definition) is 4. The fourth-order valence-electron chi connectivity index (χ4n) is 2.51. The van der Waals surface area contributed by atoms with Gasteiger partial charge in [0.2, 0.25) is 0 Å². The highest BCUT2D eigenvalue weighted by atomic mass is 32.2. The fourth-order valence-corrected chi connectivity index (χ4v) is 3.69. The maximum absolute atomic E-state index is 12.2. The van der Waals surface area contributed by atoms with Gasteiger partial charge in [0.25, 0.3) is 10.2 Å². The molecule has 0 spiro atoms. The highest BCUT2D eigenvalue weighted by Gasteiger charge is 2.42. The van der Waals surface area contributed by atoms with Crippen LogP contribution < -0.4 is 10.0 Å². The van der Waals surface area contributed by atoms with Gasteiger partial charge in [0.15, 0.2) is 0 Å². The molecule has 0 bridgehead atoms. The van der Waals surface area contributed by atoms with Crippen molar-refractivity contribution >= 4 is 10.2 Å². The lowest BCUT2D eigenvalue weighted by molar-refractivity contribution is 0.0845. The maximum atomic E-state index is 12.2. The zero-order valence-electron chi connectivity index (χ0n) is 11.8. The van der Waals surface area contributed by atoms with Crippen LogP contribution in [0.15, 0.2) is 0 Å². The van der Waals surface area contributed by atoms with Crippen LogP contribution in [0.1, 0.15) is 25.7 Å². The van der Waals surface area contributed by atoms with Gasteiger partial charge >= 0.3 is 0 Å². The molecule has 6 nitrogen and oxygen atoms in total. The second kappa shape index (κ2) is 6.49. The lowest BCUT2D eigenvalue weighted by Crippen LogP contribution is -2.47. The predicted octanol–water partition coefficient (Wildman–Crippen LogP) is -0.0704. The molecule has 7 heteroatoms. The van der Waals surface area contributed by atoms with Crippen LogP contribution in [0.5, 0.6) is 0 Å². The molecule has 0 aromatic carbocycles. The summed E-state index contributed by atoms with van der Waals surface area (Å²) in [5, 5.41) is 3.02. The van der Waals surface area contributed by atoms with Crippen molar-refractivity contribution in [2.24, 2.45) is 5.92 Å². The van der Waals surface area contributed by atoms with Crippen LogP contribution in [0.4, 0.5) is 0 Å². The Labute approximate surface area is 116 Å². The maximum Gasteiger partial charge on any atom is 0.279 e. The van der Waals surface area contributed by atoms with Crippen molar-refractivity contribution in [2.75, 3.05) is 33.8 Å².